The van der Waals surface area contributed by atoms with Gasteiger partial charge in [-0.2, -0.15) is 0 Å². The second-order valence-electron chi connectivity index (χ2n) is 2.87. The van der Waals surface area contributed by atoms with Crippen molar-refractivity contribution in [1.29, 1.82) is 0 Å². The molecular weight excluding hydrogens is 311 g/mol. The minimum atomic E-state index is 1.37. The van der Waals surface area contributed by atoms with E-state index in [0.717, 1.165) is 0 Å². The van der Waals surface area contributed by atoms with Crippen molar-refractivity contribution < 1.29 is 0 Å². The Balaban J connectivity index is 2.88. The van der Waals surface area contributed by atoms with Crippen LogP contribution in [0.25, 0.3) is 10.1 Å². The first kappa shape index (κ1) is 9.80. The zero-order valence-corrected chi connectivity index (χ0v) is 11.2. The number of fused-ring (bicyclic) bond motifs is 1. The first-order chi connectivity index (χ1) is 6.24. The van der Waals surface area contributed by atoms with Gasteiger partial charge in [0.1, 0.15) is 0 Å². The van der Waals surface area contributed by atoms with Gasteiger partial charge >= 0.3 is 0 Å². The molecule has 0 amide bonds. The highest BCUT2D eigenvalue weighted by Gasteiger charge is 2.08. The largest absolute Gasteiger partial charge is 0.143 e. The van der Waals surface area contributed by atoms with Crippen molar-refractivity contribution in [2.45, 2.75) is 11.8 Å². The van der Waals surface area contributed by atoms with Crippen LogP contribution in [0.15, 0.2) is 22.4 Å². The molecule has 0 fully saturated rings. The van der Waals surface area contributed by atoms with Crippen molar-refractivity contribution in [1.82, 2.24) is 0 Å². The molecular formula is C10H9IS2. The highest BCUT2D eigenvalue weighted by atomic mass is 127. The van der Waals surface area contributed by atoms with Crippen LogP contribution in [0.3, 0.4) is 0 Å². The number of thiophene rings is 1. The van der Waals surface area contributed by atoms with E-state index in [9.17, 15) is 0 Å². The van der Waals surface area contributed by atoms with Crippen LogP contribution in [0.5, 0.6) is 0 Å². The van der Waals surface area contributed by atoms with Gasteiger partial charge in [-0.1, -0.05) is 0 Å². The van der Waals surface area contributed by atoms with Gasteiger partial charge in [0.2, 0.25) is 0 Å². The van der Waals surface area contributed by atoms with Gasteiger partial charge in [0.05, 0.1) is 0 Å². The Kier molecular flexibility index (Phi) is 2.86. The van der Waals surface area contributed by atoms with E-state index in [2.05, 4.69) is 53.3 Å². The van der Waals surface area contributed by atoms with Crippen LogP contribution >= 0.6 is 45.7 Å². The van der Waals surface area contributed by atoms with Crippen LogP contribution in [0.4, 0.5) is 0 Å². The van der Waals surface area contributed by atoms with Crippen molar-refractivity contribution in [3.63, 3.8) is 0 Å². The summed E-state index contributed by atoms with van der Waals surface area (Å²) in [6.07, 6.45) is 2.14. The fourth-order valence-electron chi connectivity index (χ4n) is 1.45. The summed E-state index contributed by atoms with van der Waals surface area (Å²) in [5.74, 6) is 0. The number of hydrogen-bond acceptors (Lipinski definition) is 2. The zero-order valence-electron chi connectivity index (χ0n) is 7.43. The van der Waals surface area contributed by atoms with Crippen LogP contribution < -0.4 is 0 Å². The Morgan fingerprint density at radius 3 is 2.92 bits per heavy atom. The van der Waals surface area contributed by atoms with Gasteiger partial charge in [0.15, 0.2) is 0 Å². The lowest BCUT2D eigenvalue weighted by Gasteiger charge is -2.05. The number of benzene rings is 1. The van der Waals surface area contributed by atoms with Gasteiger partial charge in [-0.25, -0.2) is 0 Å². The first-order valence-corrected chi connectivity index (χ1v) is 7.12. The topological polar surface area (TPSA) is 0 Å². The van der Waals surface area contributed by atoms with Gasteiger partial charge in [-0.15, -0.1) is 23.1 Å². The Hall–Kier alpha value is 0.260. The number of halogens is 1. The molecule has 2 aromatic rings. The van der Waals surface area contributed by atoms with E-state index in [-0.39, 0.29) is 0 Å². The third-order valence-electron chi connectivity index (χ3n) is 2.03. The molecule has 0 atom stereocenters. The minimum Gasteiger partial charge on any atom is -0.143 e. The third-order valence-corrected chi connectivity index (χ3v) is 5.15. The monoisotopic (exact) mass is 320 g/mol. The molecule has 0 saturated carbocycles. The third kappa shape index (κ3) is 1.62. The van der Waals surface area contributed by atoms with E-state index in [4.69, 9.17) is 0 Å². The van der Waals surface area contributed by atoms with Crippen molar-refractivity contribution in [3.05, 3.63) is 26.6 Å². The minimum absolute atomic E-state index is 1.37. The predicted octanol–water partition coefficient (Wildman–Crippen LogP) is 4.54. The van der Waals surface area contributed by atoms with Crippen LogP contribution in [-0.2, 0) is 0 Å². The van der Waals surface area contributed by atoms with Crippen molar-refractivity contribution in [2.24, 2.45) is 0 Å². The van der Waals surface area contributed by atoms with Gasteiger partial charge in [-0.3, -0.25) is 0 Å². The van der Waals surface area contributed by atoms with E-state index >= 15 is 0 Å². The molecule has 0 aliphatic carbocycles. The van der Waals surface area contributed by atoms with Gasteiger partial charge in [-0.05, 0) is 58.8 Å². The molecule has 0 bridgehead atoms. The van der Waals surface area contributed by atoms with Gasteiger partial charge < -0.3 is 0 Å². The molecule has 0 nitrogen and oxygen atoms in total. The summed E-state index contributed by atoms with van der Waals surface area (Å²) < 4.78 is 2.80. The standard InChI is InChI=1S/C10H9IS2/c1-6-5-8(11)10(12-2)7-3-4-13-9(6)7/h3-5H,1-2H3. The van der Waals surface area contributed by atoms with Crippen molar-refractivity contribution in [2.75, 3.05) is 6.26 Å². The molecule has 68 valence electrons. The molecule has 1 aromatic heterocycles. The second kappa shape index (κ2) is 3.79. The average Bonchev–Trinajstić information content (AvgIpc) is 2.53. The predicted molar refractivity (Wildman–Crippen MR) is 71.1 cm³/mol. The molecule has 0 spiro atoms. The van der Waals surface area contributed by atoms with E-state index in [1.165, 1.54) is 24.1 Å². The lowest BCUT2D eigenvalue weighted by molar-refractivity contribution is 1.43. The highest BCUT2D eigenvalue weighted by Crippen LogP contribution is 2.35. The molecule has 0 radical (unpaired) electrons. The summed E-state index contributed by atoms with van der Waals surface area (Å²) in [4.78, 5) is 1.42. The summed E-state index contributed by atoms with van der Waals surface area (Å²) in [5.41, 5.74) is 1.40. The molecule has 0 aliphatic rings. The fourth-order valence-corrected chi connectivity index (χ4v) is 4.46. The average molecular weight is 320 g/mol. The second-order valence-corrected chi connectivity index (χ2v) is 5.77. The number of aryl methyl sites for hydroxylation is 1. The Bertz CT molecular complexity index is 445. The zero-order chi connectivity index (χ0) is 9.42. The van der Waals surface area contributed by atoms with E-state index in [1.54, 1.807) is 0 Å². The molecule has 1 aromatic carbocycles. The quantitative estimate of drug-likeness (QED) is 0.549. The van der Waals surface area contributed by atoms with E-state index < -0.39 is 0 Å². The molecule has 0 aliphatic heterocycles. The Labute approximate surface area is 99.9 Å². The molecule has 2 rings (SSSR count). The highest BCUT2D eigenvalue weighted by molar-refractivity contribution is 14.1. The fraction of sp³-hybridized carbons (Fsp3) is 0.200. The Morgan fingerprint density at radius 1 is 1.46 bits per heavy atom. The van der Waals surface area contributed by atoms with Gasteiger partial charge in [0, 0.05) is 18.6 Å². The Morgan fingerprint density at radius 2 is 2.23 bits per heavy atom. The van der Waals surface area contributed by atoms with Crippen LogP contribution in [0, 0.1) is 10.5 Å². The summed E-state index contributed by atoms with van der Waals surface area (Å²) in [6, 6.07) is 4.49. The van der Waals surface area contributed by atoms with Crippen molar-refractivity contribution in [3.8, 4) is 0 Å². The summed E-state index contributed by atoms with van der Waals surface area (Å²) in [6.45, 7) is 2.19. The van der Waals surface area contributed by atoms with E-state index in [1.807, 2.05) is 23.1 Å². The summed E-state index contributed by atoms with van der Waals surface area (Å²) >= 11 is 6.09. The lowest BCUT2D eigenvalue weighted by Crippen LogP contribution is -1.82. The number of hydrogen-bond donors (Lipinski definition) is 0. The maximum Gasteiger partial charge on any atom is 0.0383 e. The normalized spacial score (nSPS) is 11.0. The van der Waals surface area contributed by atoms with Crippen molar-refractivity contribution >= 4 is 55.8 Å². The smallest absolute Gasteiger partial charge is 0.0383 e. The first-order valence-electron chi connectivity index (χ1n) is 3.94. The molecule has 3 heteroatoms. The molecule has 0 unspecified atom stereocenters. The van der Waals surface area contributed by atoms with Crippen LogP contribution in [0.1, 0.15) is 5.56 Å². The number of rotatable bonds is 1. The SMILES string of the molecule is CSc1c(I)cc(C)c2sccc12. The molecule has 1 heterocycles. The lowest BCUT2D eigenvalue weighted by atomic mass is 10.2. The van der Waals surface area contributed by atoms with E-state index in [0.29, 0.717) is 0 Å². The summed E-state index contributed by atoms with van der Waals surface area (Å²) in [7, 11) is 0. The van der Waals surface area contributed by atoms with Crippen LogP contribution in [-0.4, -0.2) is 6.26 Å². The molecule has 0 saturated heterocycles. The summed E-state index contributed by atoms with van der Waals surface area (Å²) in [5, 5.41) is 3.59. The molecule has 13 heavy (non-hydrogen) atoms. The molecule has 0 N–H and O–H groups in total. The number of thioether (sulfide) groups is 1. The van der Waals surface area contributed by atoms with Gasteiger partial charge in [0.25, 0.3) is 0 Å². The van der Waals surface area contributed by atoms with Crippen LogP contribution in [0.2, 0.25) is 0 Å². The maximum atomic E-state index is 2.42. The maximum absolute atomic E-state index is 2.42.